The Balaban J connectivity index is 2.39. The third-order valence-electron chi connectivity index (χ3n) is 3.40. The van der Waals surface area contributed by atoms with E-state index < -0.39 is 0 Å². The summed E-state index contributed by atoms with van der Waals surface area (Å²) in [5.41, 5.74) is 5.67. The quantitative estimate of drug-likeness (QED) is 0.730. The molecule has 1 unspecified atom stereocenters. The maximum atomic E-state index is 5.67. The summed E-state index contributed by atoms with van der Waals surface area (Å²) in [6, 6.07) is 0.750. The average molecular weight is 214 g/mol. The molecule has 15 heavy (non-hydrogen) atoms. The number of rotatable bonds is 6. The monoisotopic (exact) mass is 214 g/mol. The Hall–Kier alpha value is -0.120. The topological polar surface area (TPSA) is 38.5 Å². The van der Waals surface area contributed by atoms with Crippen molar-refractivity contribution in [2.24, 2.45) is 5.73 Å². The predicted molar refractivity (Wildman–Crippen MR) is 64.0 cm³/mol. The van der Waals surface area contributed by atoms with Crippen molar-refractivity contribution < 1.29 is 4.74 Å². The van der Waals surface area contributed by atoms with Crippen LogP contribution < -0.4 is 5.73 Å². The second kappa shape index (κ2) is 7.20. The summed E-state index contributed by atoms with van der Waals surface area (Å²) in [5.74, 6) is 0. The Bertz CT molecular complexity index is 158. The third-order valence-corrected chi connectivity index (χ3v) is 3.40. The summed E-state index contributed by atoms with van der Waals surface area (Å²) in [6.07, 6.45) is 7.18. The standard InChI is InChI=1S/C12H26N2O/c1-11(15-2)10-14(9-8-13)12-6-4-3-5-7-12/h11-12H,3-10,13H2,1-2H3. The highest BCUT2D eigenvalue weighted by Gasteiger charge is 2.21. The summed E-state index contributed by atoms with van der Waals surface area (Å²) in [5, 5.41) is 0. The van der Waals surface area contributed by atoms with Crippen molar-refractivity contribution in [2.75, 3.05) is 26.7 Å². The normalized spacial score (nSPS) is 20.8. The predicted octanol–water partition coefficient (Wildman–Crippen LogP) is 1.61. The highest BCUT2D eigenvalue weighted by molar-refractivity contribution is 4.77. The Labute approximate surface area is 94.0 Å². The SMILES string of the molecule is COC(C)CN(CCN)C1CCCCC1. The van der Waals surface area contributed by atoms with Gasteiger partial charge in [0.05, 0.1) is 6.10 Å². The lowest BCUT2D eigenvalue weighted by atomic mass is 9.94. The van der Waals surface area contributed by atoms with Crippen molar-refractivity contribution in [1.29, 1.82) is 0 Å². The molecule has 1 rings (SSSR count). The second-order valence-corrected chi connectivity index (χ2v) is 4.62. The summed E-state index contributed by atoms with van der Waals surface area (Å²) in [4.78, 5) is 2.52. The smallest absolute Gasteiger partial charge is 0.0670 e. The van der Waals surface area contributed by atoms with Gasteiger partial charge < -0.3 is 10.5 Å². The molecule has 0 heterocycles. The van der Waals surface area contributed by atoms with E-state index in [1.165, 1.54) is 32.1 Å². The molecule has 3 heteroatoms. The van der Waals surface area contributed by atoms with Gasteiger partial charge in [-0.2, -0.15) is 0 Å². The summed E-state index contributed by atoms with van der Waals surface area (Å²) < 4.78 is 5.34. The van der Waals surface area contributed by atoms with Crippen molar-refractivity contribution in [3.63, 3.8) is 0 Å². The van der Waals surface area contributed by atoms with Gasteiger partial charge in [-0.25, -0.2) is 0 Å². The van der Waals surface area contributed by atoms with Crippen LogP contribution in [0, 0.1) is 0 Å². The number of hydrogen-bond donors (Lipinski definition) is 1. The molecular formula is C12H26N2O. The maximum absolute atomic E-state index is 5.67. The van der Waals surface area contributed by atoms with Gasteiger partial charge in [-0.05, 0) is 19.8 Å². The highest BCUT2D eigenvalue weighted by Crippen LogP contribution is 2.22. The Morgan fingerprint density at radius 1 is 1.33 bits per heavy atom. The second-order valence-electron chi connectivity index (χ2n) is 4.62. The number of methoxy groups -OCH3 is 1. The first-order valence-corrected chi connectivity index (χ1v) is 6.24. The van der Waals surface area contributed by atoms with Crippen LogP contribution in [0.1, 0.15) is 39.0 Å². The molecule has 0 saturated heterocycles. The molecule has 3 nitrogen and oxygen atoms in total. The fourth-order valence-corrected chi connectivity index (χ4v) is 2.44. The van der Waals surface area contributed by atoms with Crippen molar-refractivity contribution in [1.82, 2.24) is 4.90 Å². The van der Waals surface area contributed by atoms with Crippen LogP contribution in [0.4, 0.5) is 0 Å². The van der Waals surface area contributed by atoms with Gasteiger partial charge in [0.2, 0.25) is 0 Å². The van der Waals surface area contributed by atoms with Gasteiger partial charge in [0.15, 0.2) is 0 Å². The Morgan fingerprint density at radius 2 is 2.00 bits per heavy atom. The van der Waals surface area contributed by atoms with Crippen LogP contribution in [0.15, 0.2) is 0 Å². The lowest BCUT2D eigenvalue weighted by molar-refractivity contribution is 0.0522. The lowest BCUT2D eigenvalue weighted by Gasteiger charge is -2.35. The largest absolute Gasteiger partial charge is 0.380 e. The molecule has 0 aromatic heterocycles. The molecule has 0 bridgehead atoms. The lowest BCUT2D eigenvalue weighted by Crippen LogP contribution is -2.43. The first kappa shape index (κ1) is 12.9. The van der Waals surface area contributed by atoms with Gasteiger partial charge in [-0.15, -0.1) is 0 Å². The van der Waals surface area contributed by atoms with Gasteiger partial charge in [0, 0.05) is 32.8 Å². The van der Waals surface area contributed by atoms with Crippen molar-refractivity contribution in [3.8, 4) is 0 Å². The fourth-order valence-electron chi connectivity index (χ4n) is 2.44. The molecule has 0 radical (unpaired) electrons. The van der Waals surface area contributed by atoms with Gasteiger partial charge in [-0.1, -0.05) is 19.3 Å². The van der Waals surface area contributed by atoms with Crippen LogP contribution in [0.25, 0.3) is 0 Å². The Kier molecular flexibility index (Phi) is 6.22. The number of hydrogen-bond acceptors (Lipinski definition) is 3. The molecule has 0 amide bonds. The molecule has 0 spiro atoms. The zero-order valence-corrected chi connectivity index (χ0v) is 10.2. The van der Waals surface area contributed by atoms with E-state index in [9.17, 15) is 0 Å². The molecule has 1 aliphatic rings. The van der Waals surface area contributed by atoms with Crippen molar-refractivity contribution in [3.05, 3.63) is 0 Å². The summed E-state index contributed by atoms with van der Waals surface area (Å²) >= 11 is 0. The van der Waals surface area contributed by atoms with E-state index in [1.54, 1.807) is 7.11 Å². The van der Waals surface area contributed by atoms with Crippen LogP contribution in [0.3, 0.4) is 0 Å². The van der Waals surface area contributed by atoms with Crippen LogP contribution >= 0.6 is 0 Å². The minimum absolute atomic E-state index is 0.318. The summed E-state index contributed by atoms with van der Waals surface area (Å²) in [6.45, 7) is 4.93. The minimum atomic E-state index is 0.318. The Morgan fingerprint density at radius 3 is 2.53 bits per heavy atom. The average Bonchev–Trinajstić information content (AvgIpc) is 2.29. The molecule has 2 N–H and O–H groups in total. The van der Waals surface area contributed by atoms with E-state index in [0.29, 0.717) is 6.10 Å². The third kappa shape index (κ3) is 4.49. The first-order chi connectivity index (χ1) is 7.27. The first-order valence-electron chi connectivity index (χ1n) is 6.24. The maximum Gasteiger partial charge on any atom is 0.0670 e. The van der Waals surface area contributed by atoms with Gasteiger partial charge in [0.1, 0.15) is 0 Å². The molecule has 90 valence electrons. The molecule has 0 aromatic carbocycles. The van der Waals surface area contributed by atoms with Gasteiger partial charge in [0.25, 0.3) is 0 Å². The molecule has 1 atom stereocenters. The highest BCUT2D eigenvalue weighted by atomic mass is 16.5. The van der Waals surface area contributed by atoms with E-state index in [2.05, 4.69) is 11.8 Å². The van der Waals surface area contributed by atoms with Gasteiger partial charge in [-0.3, -0.25) is 4.90 Å². The molecule has 1 fully saturated rings. The van der Waals surface area contributed by atoms with Crippen LogP contribution in [0.5, 0.6) is 0 Å². The zero-order valence-electron chi connectivity index (χ0n) is 10.2. The van der Waals surface area contributed by atoms with Crippen molar-refractivity contribution >= 4 is 0 Å². The van der Waals surface area contributed by atoms with Crippen molar-refractivity contribution in [2.45, 2.75) is 51.2 Å². The van der Waals surface area contributed by atoms with E-state index in [-0.39, 0.29) is 0 Å². The number of nitrogens with two attached hydrogens (primary N) is 1. The minimum Gasteiger partial charge on any atom is -0.380 e. The fraction of sp³-hybridized carbons (Fsp3) is 1.00. The van der Waals surface area contributed by atoms with Crippen LogP contribution in [0.2, 0.25) is 0 Å². The van der Waals surface area contributed by atoms with E-state index in [4.69, 9.17) is 10.5 Å². The number of ether oxygens (including phenoxy) is 1. The molecule has 0 aromatic rings. The van der Waals surface area contributed by atoms with E-state index in [1.807, 2.05) is 0 Å². The van der Waals surface area contributed by atoms with Crippen LogP contribution in [-0.4, -0.2) is 43.8 Å². The molecule has 1 saturated carbocycles. The molecule has 0 aliphatic heterocycles. The summed E-state index contributed by atoms with van der Waals surface area (Å²) in [7, 11) is 1.78. The van der Waals surface area contributed by atoms with Crippen LogP contribution in [-0.2, 0) is 4.74 Å². The van der Waals surface area contributed by atoms with E-state index in [0.717, 1.165) is 25.7 Å². The zero-order chi connectivity index (χ0) is 11.1. The molecular weight excluding hydrogens is 188 g/mol. The van der Waals surface area contributed by atoms with Gasteiger partial charge >= 0.3 is 0 Å². The number of nitrogens with zero attached hydrogens (tertiary/aromatic N) is 1. The molecule has 1 aliphatic carbocycles. The van der Waals surface area contributed by atoms with E-state index >= 15 is 0 Å².